The molecule has 2 aliphatic heterocycles. The third kappa shape index (κ3) is 2.89. The standard InChI is InChI=1S/C15H14N2O4S2/c16-10-12(18)17-11(14(19)20)9(6-22-13(10)17)7-23-15(21)8-4-2-1-3-5-8/h1-5,10,13H,6-7,16H2,(H,19,20)/t10?,13-/m1/s1. The maximum absolute atomic E-state index is 12.1. The normalized spacial score (nSPS) is 23.3. The highest BCUT2D eigenvalue weighted by Crippen LogP contribution is 2.40. The number of rotatable bonds is 4. The van der Waals surface area contributed by atoms with E-state index in [4.69, 9.17) is 5.73 Å². The van der Waals surface area contributed by atoms with Crippen LogP contribution in [0.5, 0.6) is 0 Å². The first kappa shape index (κ1) is 16.1. The highest BCUT2D eigenvalue weighted by molar-refractivity contribution is 8.14. The minimum atomic E-state index is -1.15. The monoisotopic (exact) mass is 350 g/mol. The van der Waals surface area contributed by atoms with Crippen molar-refractivity contribution in [2.75, 3.05) is 11.5 Å². The molecule has 0 aromatic heterocycles. The highest BCUT2D eigenvalue weighted by atomic mass is 32.2. The zero-order valence-electron chi connectivity index (χ0n) is 12.0. The maximum Gasteiger partial charge on any atom is 0.352 e. The van der Waals surface area contributed by atoms with E-state index in [9.17, 15) is 19.5 Å². The maximum atomic E-state index is 12.1. The predicted molar refractivity (Wildman–Crippen MR) is 89.0 cm³/mol. The molecule has 2 aliphatic rings. The summed E-state index contributed by atoms with van der Waals surface area (Å²) in [5, 5.41) is 8.98. The van der Waals surface area contributed by atoms with Crippen molar-refractivity contribution in [2.24, 2.45) is 5.73 Å². The molecule has 1 amide bonds. The first-order valence-corrected chi connectivity index (χ1v) is 8.92. The fourth-order valence-corrected chi connectivity index (χ4v) is 4.77. The Bertz CT molecular complexity index is 705. The van der Waals surface area contributed by atoms with Crippen LogP contribution in [0, 0.1) is 0 Å². The van der Waals surface area contributed by atoms with Crippen molar-refractivity contribution in [3.8, 4) is 0 Å². The third-order valence-electron chi connectivity index (χ3n) is 3.68. The van der Waals surface area contributed by atoms with Crippen molar-refractivity contribution in [1.29, 1.82) is 0 Å². The van der Waals surface area contributed by atoms with Gasteiger partial charge in [0.15, 0.2) is 0 Å². The summed E-state index contributed by atoms with van der Waals surface area (Å²) in [5.41, 5.74) is 6.82. The lowest BCUT2D eigenvalue weighted by atomic mass is 10.0. The van der Waals surface area contributed by atoms with Gasteiger partial charge in [0.25, 0.3) is 0 Å². The molecule has 2 heterocycles. The minimum absolute atomic E-state index is 0.0196. The predicted octanol–water partition coefficient (Wildman–Crippen LogP) is 1.14. The smallest absolute Gasteiger partial charge is 0.352 e. The van der Waals surface area contributed by atoms with E-state index < -0.39 is 12.0 Å². The number of amides is 1. The SMILES string of the molecule is NC1C(=O)N2C(C(=O)O)=C(CSC(=O)c3ccccc3)CS[C@H]12. The van der Waals surface area contributed by atoms with Gasteiger partial charge in [0.05, 0.1) is 0 Å². The highest BCUT2D eigenvalue weighted by Gasteiger charge is 2.51. The van der Waals surface area contributed by atoms with Crippen LogP contribution in [0.3, 0.4) is 0 Å². The Hall–Kier alpha value is -1.77. The van der Waals surface area contributed by atoms with E-state index in [2.05, 4.69) is 0 Å². The summed E-state index contributed by atoms with van der Waals surface area (Å²) >= 11 is 2.48. The van der Waals surface area contributed by atoms with E-state index in [0.29, 0.717) is 16.9 Å². The fraction of sp³-hybridized carbons (Fsp3) is 0.267. The number of benzene rings is 1. The molecular weight excluding hydrogens is 336 g/mol. The van der Waals surface area contributed by atoms with Crippen LogP contribution in [0.15, 0.2) is 41.6 Å². The van der Waals surface area contributed by atoms with Crippen molar-refractivity contribution >= 4 is 40.5 Å². The molecule has 23 heavy (non-hydrogen) atoms. The number of hydrogen-bond donors (Lipinski definition) is 2. The van der Waals surface area contributed by atoms with Crippen molar-refractivity contribution < 1.29 is 19.5 Å². The molecule has 1 fully saturated rings. The molecule has 1 saturated heterocycles. The van der Waals surface area contributed by atoms with Gasteiger partial charge in [-0.3, -0.25) is 14.5 Å². The topological polar surface area (TPSA) is 101 Å². The Labute approximate surface area is 141 Å². The Morgan fingerprint density at radius 2 is 2.04 bits per heavy atom. The van der Waals surface area contributed by atoms with E-state index in [1.165, 1.54) is 16.7 Å². The first-order valence-electron chi connectivity index (χ1n) is 6.88. The van der Waals surface area contributed by atoms with Crippen molar-refractivity contribution in [1.82, 2.24) is 4.90 Å². The largest absolute Gasteiger partial charge is 0.477 e. The minimum Gasteiger partial charge on any atom is -0.477 e. The Kier molecular flexibility index (Phi) is 4.47. The Morgan fingerprint density at radius 1 is 1.35 bits per heavy atom. The number of carboxylic acid groups (broad SMARTS) is 1. The zero-order valence-corrected chi connectivity index (χ0v) is 13.6. The van der Waals surface area contributed by atoms with Crippen LogP contribution in [-0.4, -0.2) is 49.9 Å². The van der Waals surface area contributed by atoms with Gasteiger partial charge in [0.2, 0.25) is 11.0 Å². The van der Waals surface area contributed by atoms with Gasteiger partial charge >= 0.3 is 5.97 Å². The third-order valence-corrected chi connectivity index (χ3v) is 6.03. The second kappa shape index (κ2) is 6.38. The van der Waals surface area contributed by atoms with Gasteiger partial charge < -0.3 is 10.8 Å². The average molecular weight is 350 g/mol. The van der Waals surface area contributed by atoms with Crippen LogP contribution in [0.1, 0.15) is 10.4 Å². The summed E-state index contributed by atoms with van der Waals surface area (Å²) in [6.45, 7) is 0. The molecule has 8 heteroatoms. The second-order valence-corrected chi connectivity index (χ2v) is 7.19. The molecule has 6 nitrogen and oxygen atoms in total. The number of nitrogens with two attached hydrogens (primary N) is 1. The molecule has 0 radical (unpaired) electrons. The lowest BCUT2D eigenvalue weighted by molar-refractivity contribution is -0.147. The molecule has 1 aromatic carbocycles. The summed E-state index contributed by atoms with van der Waals surface area (Å²) in [6.07, 6.45) is 0. The van der Waals surface area contributed by atoms with E-state index in [-0.39, 0.29) is 27.8 Å². The molecule has 0 saturated carbocycles. The zero-order chi connectivity index (χ0) is 16.6. The van der Waals surface area contributed by atoms with Crippen LogP contribution in [0.25, 0.3) is 0 Å². The van der Waals surface area contributed by atoms with Crippen LogP contribution >= 0.6 is 23.5 Å². The summed E-state index contributed by atoms with van der Waals surface area (Å²) in [7, 11) is 0. The number of fused-ring (bicyclic) bond motifs is 1. The van der Waals surface area contributed by atoms with Gasteiger partial charge in [0.1, 0.15) is 17.1 Å². The number of carbonyl (C=O) groups is 3. The Morgan fingerprint density at radius 3 is 2.70 bits per heavy atom. The van der Waals surface area contributed by atoms with Crippen molar-refractivity contribution in [3.63, 3.8) is 0 Å². The van der Waals surface area contributed by atoms with Crippen LogP contribution in [0.4, 0.5) is 0 Å². The van der Waals surface area contributed by atoms with Crippen LogP contribution in [0.2, 0.25) is 0 Å². The first-order chi connectivity index (χ1) is 11.0. The number of hydrogen-bond acceptors (Lipinski definition) is 6. The molecule has 0 aliphatic carbocycles. The molecule has 1 unspecified atom stereocenters. The van der Waals surface area contributed by atoms with E-state index >= 15 is 0 Å². The fourth-order valence-electron chi connectivity index (χ4n) is 2.50. The number of carboxylic acids is 1. The molecule has 3 N–H and O–H groups in total. The van der Waals surface area contributed by atoms with Gasteiger partial charge in [-0.05, 0) is 5.57 Å². The lowest BCUT2D eigenvalue weighted by Crippen LogP contribution is -2.68. The molecule has 3 rings (SSSR count). The van der Waals surface area contributed by atoms with Crippen LogP contribution < -0.4 is 5.73 Å². The summed E-state index contributed by atoms with van der Waals surface area (Å²) in [4.78, 5) is 36.7. The Balaban J connectivity index is 1.76. The molecule has 2 atom stereocenters. The van der Waals surface area contributed by atoms with E-state index in [1.54, 1.807) is 24.3 Å². The molecule has 1 aromatic rings. The molecule has 0 spiro atoms. The second-order valence-electron chi connectivity index (χ2n) is 5.14. The number of carbonyl (C=O) groups excluding carboxylic acids is 2. The van der Waals surface area contributed by atoms with Crippen molar-refractivity contribution in [2.45, 2.75) is 11.4 Å². The van der Waals surface area contributed by atoms with Gasteiger partial charge in [-0.1, -0.05) is 42.1 Å². The quantitative estimate of drug-likeness (QED) is 0.785. The number of nitrogens with zero attached hydrogens (tertiary/aromatic N) is 1. The molecular formula is C15H14N2O4S2. The van der Waals surface area contributed by atoms with Gasteiger partial charge in [0, 0.05) is 17.1 Å². The summed E-state index contributed by atoms with van der Waals surface area (Å²) in [6, 6.07) is 8.16. The van der Waals surface area contributed by atoms with Crippen molar-refractivity contribution in [3.05, 3.63) is 47.2 Å². The number of aliphatic carboxylic acids is 1. The van der Waals surface area contributed by atoms with Gasteiger partial charge in [-0.25, -0.2) is 4.79 Å². The van der Waals surface area contributed by atoms with Gasteiger partial charge in [-0.15, -0.1) is 11.8 Å². The summed E-state index contributed by atoms with van der Waals surface area (Å²) < 4.78 is 0. The van der Waals surface area contributed by atoms with E-state index in [1.807, 2.05) is 6.07 Å². The number of thioether (sulfide) groups is 2. The lowest BCUT2D eigenvalue weighted by Gasteiger charge is -2.48. The molecule has 120 valence electrons. The summed E-state index contributed by atoms with van der Waals surface area (Å²) in [5.74, 6) is -0.831. The van der Waals surface area contributed by atoms with Gasteiger partial charge in [-0.2, -0.15) is 0 Å². The van der Waals surface area contributed by atoms with E-state index in [0.717, 1.165) is 11.8 Å². The average Bonchev–Trinajstić information content (AvgIpc) is 2.58. The van der Waals surface area contributed by atoms with Crippen LogP contribution in [-0.2, 0) is 9.59 Å². The number of β-lactam (4-membered cyclic amide) rings is 1. The molecule has 0 bridgehead atoms.